The molecule has 3 N–H and O–H groups in total. The average molecular weight is 282 g/mol. The molecule has 2 atom stereocenters. The van der Waals surface area contributed by atoms with Crippen LogP contribution in [0.3, 0.4) is 0 Å². The summed E-state index contributed by atoms with van der Waals surface area (Å²) in [7, 11) is 3.44. The van der Waals surface area contributed by atoms with Gasteiger partial charge in [0.1, 0.15) is 5.75 Å². The molecule has 0 fully saturated rings. The summed E-state index contributed by atoms with van der Waals surface area (Å²) < 4.78 is 4.91. The van der Waals surface area contributed by atoms with Crippen molar-refractivity contribution in [2.45, 2.75) is 26.0 Å². The van der Waals surface area contributed by atoms with Crippen molar-refractivity contribution in [2.24, 2.45) is 0 Å². The van der Waals surface area contributed by atoms with Gasteiger partial charge < -0.3 is 25.2 Å². The van der Waals surface area contributed by atoms with Crippen LogP contribution in [-0.2, 0) is 4.74 Å². The van der Waals surface area contributed by atoms with Gasteiger partial charge in [0.15, 0.2) is 0 Å². The van der Waals surface area contributed by atoms with Crippen molar-refractivity contribution in [1.82, 2.24) is 5.32 Å². The molecule has 0 spiro atoms. The van der Waals surface area contributed by atoms with Crippen molar-refractivity contribution >= 4 is 5.69 Å². The van der Waals surface area contributed by atoms with Gasteiger partial charge in [0, 0.05) is 44.1 Å². The summed E-state index contributed by atoms with van der Waals surface area (Å²) in [5.74, 6) is 0.268. The zero-order valence-electron chi connectivity index (χ0n) is 12.8. The number of hydrogen-bond donors (Lipinski definition) is 3. The standard InChI is InChI=1S/C15H26N2O3/c1-5-16-11(2)14-7-6-12(8-15(14)19)17(3)9-13(18)10-20-4/h6-8,11,13,16,18-19H,5,9-10H2,1-4H3. The Morgan fingerprint density at radius 2 is 2.10 bits per heavy atom. The van der Waals surface area contributed by atoms with Crippen LogP contribution in [0.4, 0.5) is 5.69 Å². The number of phenolic OH excluding ortho intramolecular Hbond substituents is 1. The van der Waals surface area contributed by atoms with E-state index in [-0.39, 0.29) is 11.8 Å². The molecule has 1 aromatic carbocycles. The molecule has 0 heterocycles. The topological polar surface area (TPSA) is 65.0 Å². The molecule has 20 heavy (non-hydrogen) atoms. The summed E-state index contributed by atoms with van der Waals surface area (Å²) in [5, 5.41) is 23.1. The van der Waals surface area contributed by atoms with Gasteiger partial charge in [-0.3, -0.25) is 0 Å². The monoisotopic (exact) mass is 282 g/mol. The largest absolute Gasteiger partial charge is 0.508 e. The molecule has 5 nitrogen and oxygen atoms in total. The number of methoxy groups -OCH3 is 1. The van der Waals surface area contributed by atoms with Gasteiger partial charge in [-0.2, -0.15) is 0 Å². The number of likely N-dealkylation sites (N-methyl/N-ethyl adjacent to an activating group) is 1. The molecule has 114 valence electrons. The third-order valence-electron chi connectivity index (χ3n) is 3.28. The Kier molecular flexibility index (Phi) is 6.78. The van der Waals surface area contributed by atoms with E-state index in [2.05, 4.69) is 5.32 Å². The van der Waals surface area contributed by atoms with E-state index in [0.29, 0.717) is 13.2 Å². The van der Waals surface area contributed by atoms with E-state index >= 15 is 0 Å². The highest BCUT2D eigenvalue weighted by Crippen LogP contribution is 2.28. The molecule has 1 aromatic rings. The molecule has 1 rings (SSSR count). The fourth-order valence-electron chi connectivity index (χ4n) is 2.22. The molecule has 0 amide bonds. The molecule has 0 aromatic heterocycles. The molecular formula is C15H26N2O3. The van der Waals surface area contributed by atoms with Gasteiger partial charge in [-0.1, -0.05) is 13.0 Å². The van der Waals surface area contributed by atoms with Gasteiger partial charge in [0.2, 0.25) is 0 Å². The smallest absolute Gasteiger partial charge is 0.122 e. The second-order valence-corrected chi connectivity index (χ2v) is 5.01. The van der Waals surface area contributed by atoms with Crippen molar-refractivity contribution in [3.63, 3.8) is 0 Å². The van der Waals surface area contributed by atoms with Crippen molar-refractivity contribution in [2.75, 3.05) is 38.8 Å². The minimum absolute atomic E-state index is 0.110. The Bertz CT molecular complexity index is 412. The van der Waals surface area contributed by atoms with E-state index in [9.17, 15) is 10.2 Å². The average Bonchev–Trinajstić information content (AvgIpc) is 2.38. The fraction of sp³-hybridized carbons (Fsp3) is 0.600. The Labute approximate surface area is 121 Å². The predicted octanol–water partition coefficient (Wildman–Crippen LogP) is 1.51. The Hall–Kier alpha value is -1.30. The molecule has 0 aliphatic heterocycles. The first-order valence-corrected chi connectivity index (χ1v) is 6.94. The predicted molar refractivity (Wildman–Crippen MR) is 81.4 cm³/mol. The number of aliphatic hydroxyl groups is 1. The van der Waals surface area contributed by atoms with Gasteiger partial charge in [-0.25, -0.2) is 0 Å². The number of aliphatic hydroxyl groups excluding tert-OH is 1. The lowest BCUT2D eigenvalue weighted by atomic mass is 10.1. The first-order chi connectivity index (χ1) is 9.49. The molecule has 0 saturated heterocycles. The van der Waals surface area contributed by atoms with E-state index in [0.717, 1.165) is 17.8 Å². The van der Waals surface area contributed by atoms with Gasteiger partial charge >= 0.3 is 0 Å². The summed E-state index contributed by atoms with van der Waals surface area (Å²) in [6.07, 6.45) is -0.549. The van der Waals surface area contributed by atoms with Gasteiger partial charge in [-0.15, -0.1) is 0 Å². The lowest BCUT2D eigenvalue weighted by Gasteiger charge is -2.23. The molecule has 0 radical (unpaired) electrons. The van der Waals surface area contributed by atoms with Crippen LogP contribution in [0.2, 0.25) is 0 Å². The van der Waals surface area contributed by atoms with E-state index in [4.69, 9.17) is 4.74 Å². The van der Waals surface area contributed by atoms with Crippen molar-refractivity contribution in [3.8, 4) is 5.75 Å². The molecule has 2 unspecified atom stereocenters. The first-order valence-electron chi connectivity index (χ1n) is 6.94. The van der Waals surface area contributed by atoms with Crippen molar-refractivity contribution < 1.29 is 14.9 Å². The van der Waals surface area contributed by atoms with E-state index in [1.807, 2.05) is 37.9 Å². The molecule has 0 saturated carbocycles. The van der Waals surface area contributed by atoms with Crippen LogP contribution in [0, 0.1) is 0 Å². The number of anilines is 1. The Morgan fingerprint density at radius 3 is 2.65 bits per heavy atom. The quantitative estimate of drug-likeness (QED) is 0.674. The lowest BCUT2D eigenvalue weighted by Crippen LogP contribution is -2.31. The Balaban J connectivity index is 2.75. The normalized spacial score (nSPS) is 14.1. The maximum atomic E-state index is 10.1. The van der Waals surface area contributed by atoms with Gasteiger partial charge in [0.25, 0.3) is 0 Å². The summed E-state index contributed by atoms with van der Waals surface area (Å²) in [5.41, 5.74) is 1.74. The van der Waals surface area contributed by atoms with Crippen LogP contribution < -0.4 is 10.2 Å². The van der Waals surface area contributed by atoms with Crippen LogP contribution >= 0.6 is 0 Å². The molecular weight excluding hydrogens is 256 g/mol. The number of phenols is 1. The summed E-state index contributed by atoms with van der Waals surface area (Å²) in [6.45, 7) is 5.66. The van der Waals surface area contributed by atoms with Crippen LogP contribution in [0.25, 0.3) is 0 Å². The summed E-state index contributed by atoms with van der Waals surface area (Å²) in [4.78, 5) is 1.89. The third kappa shape index (κ3) is 4.67. The number of aromatic hydroxyl groups is 1. The van der Waals surface area contributed by atoms with Gasteiger partial charge in [0.05, 0.1) is 12.7 Å². The van der Waals surface area contributed by atoms with E-state index in [1.54, 1.807) is 13.2 Å². The van der Waals surface area contributed by atoms with Crippen molar-refractivity contribution in [1.29, 1.82) is 0 Å². The highest BCUT2D eigenvalue weighted by Gasteiger charge is 2.13. The second-order valence-electron chi connectivity index (χ2n) is 5.01. The first kappa shape index (κ1) is 16.8. The SMILES string of the molecule is CCNC(C)c1ccc(N(C)CC(O)COC)cc1O. The fourth-order valence-corrected chi connectivity index (χ4v) is 2.22. The summed E-state index contributed by atoms with van der Waals surface area (Å²) >= 11 is 0. The van der Waals surface area contributed by atoms with Crippen molar-refractivity contribution in [3.05, 3.63) is 23.8 Å². The highest BCUT2D eigenvalue weighted by molar-refractivity contribution is 5.53. The zero-order chi connectivity index (χ0) is 15.1. The lowest BCUT2D eigenvalue weighted by molar-refractivity contribution is 0.0695. The maximum absolute atomic E-state index is 10.1. The minimum Gasteiger partial charge on any atom is -0.508 e. The highest BCUT2D eigenvalue weighted by atomic mass is 16.5. The van der Waals surface area contributed by atoms with Crippen LogP contribution in [-0.4, -0.2) is 50.2 Å². The number of hydrogen-bond acceptors (Lipinski definition) is 5. The van der Waals surface area contributed by atoms with Crippen LogP contribution in [0.5, 0.6) is 5.75 Å². The zero-order valence-corrected chi connectivity index (χ0v) is 12.8. The molecule has 0 bridgehead atoms. The Morgan fingerprint density at radius 1 is 1.40 bits per heavy atom. The van der Waals surface area contributed by atoms with Crippen LogP contribution in [0.1, 0.15) is 25.5 Å². The number of nitrogens with one attached hydrogen (secondary N) is 1. The molecule has 5 heteroatoms. The number of ether oxygens (including phenoxy) is 1. The number of rotatable bonds is 8. The maximum Gasteiger partial charge on any atom is 0.122 e. The molecule has 0 aliphatic rings. The summed E-state index contributed by atoms with van der Waals surface area (Å²) in [6, 6.07) is 5.70. The number of benzene rings is 1. The second kappa shape index (κ2) is 8.09. The minimum atomic E-state index is -0.549. The van der Waals surface area contributed by atoms with E-state index in [1.165, 1.54) is 0 Å². The van der Waals surface area contributed by atoms with Crippen LogP contribution in [0.15, 0.2) is 18.2 Å². The number of nitrogens with zero attached hydrogens (tertiary/aromatic N) is 1. The van der Waals surface area contributed by atoms with Gasteiger partial charge in [-0.05, 0) is 19.5 Å². The molecule has 0 aliphatic carbocycles. The van der Waals surface area contributed by atoms with E-state index < -0.39 is 6.10 Å². The third-order valence-corrected chi connectivity index (χ3v) is 3.28.